The molecule has 1 N–H and O–H groups in total. The van der Waals surface area contributed by atoms with Crippen LogP contribution < -0.4 is 5.32 Å². The number of fused-ring (bicyclic) bond motifs is 1. The fraction of sp³-hybridized carbons (Fsp3) is 0.286. The molecule has 0 saturated carbocycles. The summed E-state index contributed by atoms with van der Waals surface area (Å²) in [6.45, 7) is -0.835. The van der Waals surface area contributed by atoms with Crippen molar-refractivity contribution >= 4 is 17.7 Å². The minimum absolute atomic E-state index is 0.157. The number of ketones is 1. The number of nitrogens with one attached hydrogen (secondary N) is 1. The van der Waals surface area contributed by atoms with Crippen LogP contribution in [0.25, 0.3) is 0 Å². The van der Waals surface area contributed by atoms with Gasteiger partial charge in [-0.3, -0.25) is 14.4 Å². The maximum absolute atomic E-state index is 13.5. The largest absolute Gasteiger partial charge is 0.456 e. The van der Waals surface area contributed by atoms with Crippen molar-refractivity contribution in [1.82, 2.24) is 5.32 Å². The van der Waals surface area contributed by atoms with E-state index < -0.39 is 30.8 Å². The van der Waals surface area contributed by atoms with Crippen molar-refractivity contribution in [2.45, 2.75) is 25.7 Å². The molecule has 3 rings (SSSR count). The second-order valence-electron chi connectivity index (χ2n) is 6.44. The van der Waals surface area contributed by atoms with Crippen LogP contribution >= 0.6 is 0 Å². The third kappa shape index (κ3) is 4.78. The lowest BCUT2D eigenvalue weighted by Crippen LogP contribution is -2.32. The second kappa shape index (κ2) is 8.58. The standard InChI is InChI=1S/C21H20FNO4/c22-18-8-4-3-7-17(18)21(26)23-12-20(25)27-13-19(24)16-10-9-14-5-1-2-6-15(14)11-16/h3-4,7-11H,1-2,5-6,12-13H2,(H,23,26). The molecule has 0 bridgehead atoms. The summed E-state index contributed by atoms with van der Waals surface area (Å²) in [6.07, 6.45) is 4.26. The first-order chi connectivity index (χ1) is 13.0. The maximum atomic E-state index is 13.5. The highest BCUT2D eigenvalue weighted by Crippen LogP contribution is 2.22. The predicted octanol–water partition coefficient (Wildman–Crippen LogP) is 2.86. The minimum Gasteiger partial charge on any atom is -0.456 e. The van der Waals surface area contributed by atoms with Crippen LogP contribution in [-0.4, -0.2) is 30.8 Å². The molecule has 6 heteroatoms. The second-order valence-corrected chi connectivity index (χ2v) is 6.44. The summed E-state index contributed by atoms with van der Waals surface area (Å²) in [7, 11) is 0. The molecule has 2 aromatic rings. The van der Waals surface area contributed by atoms with Crippen molar-refractivity contribution < 1.29 is 23.5 Å². The third-order valence-electron chi connectivity index (χ3n) is 4.55. The molecule has 0 heterocycles. The van der Waals surface area contributed by atoms with Gasteiger partial charge in [0.05, 0.1) is 5.56 Å². The van der Waals surface area contributed by atoms with Gasteiger partial charge in [0.25, 0.3) is 5.91 Å². The SMILES string of the molecule is O=C(CNC(=O)c1ccccc1F)OCC(=O)c1ccc2c(c1)CCCC2. The number of ether oxygens (including phenoxy) is 1. The number of Topliss-reactive ketones (excluding diaryl/α,β-unsaturated/α-hetero) is 1. The molecule has 0 spiro atoms. The number of hydrogen-bond donors (Lipinski definition) is 1. The first-order valence-corrected chi connectivity index (χ1v) is 8.88. The van der Waals surface area contributed by atoms with E-state index in [1.807, 2.05) is 12.1 Å². The van der Waals surface area contributed by atoms with Gasteiger partial charge in [0.1, 0.15) is 12.4 Å². The zero-order valence-corrected chi connectivity index (χ0v) is 14.8. The van der Waals surface area contributed by atoms with E-state index >= 15 is 0 Å². The Kier molecular flexibility index (Phi) is 5.96. The van der Waals surface area contributed by atoms with Crippen LogP contribution in [0.3, 0.4) is 0 Å². The molecule has 0 unspecified atom stereocenters. The molecule has 27 heavy (non-hydrogen) atoms. The number of carbonyl (C=O) groups excluding carboxylic acids is 3. The van der Waals surface area contributed by atoms with Gasteiger partial charge < -0.3 is 10.1 Å². The molecule has 0 fully saturated rings. The van der Waals surface area contributed by atoms with E-state index in [4.69, 9.17) is 4.74 Å². The molecule has 140 valence electrons. The molecular formula is C21H20FNO4. The predicted molar refractivity (Wildman–Crippen MR) is 97.1 cm³/mol. The van der Waals surface area contributed by atoms with E-state index in [-0.39, 0.29) is 11.3 Å². The molecule has 0 aromatic heterocycles. The number of amides is 1. The van der Waals surface area contributed by atoms with Gasteiger partial charge in [-0.15, -0.1) is 0 Å². The molecule has 0 saturated heterocycles. The quantitative estimate of drug-likeness (QED) is 0.628. The van der Waals surface area contributed by atoms with Gasteiger partial charge in [-0.2, -0.15) is 0 Å². The zero-order valence-electron chi connectivity index (χ0n) is 14.8. The van der Waals surface area contributed by atoms with Crippen molar-refractivity contribution in [3.8, 4) is 0 Å². The number of hydrogen-bond acceptors (Lipinski definition) is 4. The van der Waals surface area contributed by atoms with Crippen LogP contribution in [0, 0.1) is 5.82 Å². The maximum Gasteiger partial charge on any atom is 0.325 e. The van der Waals surface area contributed by atoms with Crippen molar-refractivity contribution in [3.63, 3.8) is 0 Å². The molecule has 0 aliphatic heterocycles. The van der Waals surface area contributed by atoms with Gasteiger partial charge in [-0.25, -0.2) is 4.39 Å². The Morgan fingerprint density at radius 1 is 1.00 bits per heavy atom. The van der Waals surface area contributed by atoms with E-state index in [9.17, 15) is 18.8 Å². The van der Waals surface area contributed by atoms with Crippen LogP contribution in [0.5, 0.6) is 0 Å². The third-order valence-corrected chi connectivity index (χ3v) is 4.55. The van der Waals surface area contributed by atoms with Crippen molar-refractivity contribution in [3.05, 3.63) is 70.5 Å². The van der Waals surface area contributed by atoms with Gasteiger partial charge in [0.15, 0.2) is 12.4 Å². The molecule has 5 nitrogen and oxygen atoms in total. The Hall–Kier alpha value is -3.02. The minimum atomic E-state index is -0.758. The van der Waals surface area contributed by atoms with Crippen LogP contribution in [0.4, 0.5) is 4.39 Å². The summed E-state index contributed by atoms with van der Waals surface area (Å²) in [5.41, 5.74) is 2.80. The van der Waals surface area contributed by atoms with E-state index in [0.717, 1.165) is 31.7 Å². The topological polar surface area (TPSA) is 72.5 Å². The smallest absolute Gasteiger partial charge is 0.325 e. The first-order valence-electron chi connectivity index (χ1n) is 8.88. The molecule has 1 aliphatic carbocycles. The van der Waals surface area contributed by atoms with Gasteiger partial charge in [-0.1, -0.05) is 24.3 Å². The van der Waals surface area contributed by atoms with Gasteiger partial charge in [0, 0.05) is 5.56 Å². The summed E-state index contributed by atoms with van der Waals surface area (Å²) >= 11 is 0. The van der Waals surface area contributed by atoms with Crippen LogP contribution in [0.1, 0.15) is 44.7 Å². The molecule has 0 radical (unpaired) electrons. The Bertz CT molecular complexity index is 878. The summed E-state index contributed by atoms with van der Waals surface area (Å²) in [5.74, 6) is -2.44. The van der Waals surface area contributed by atoms with Crippen molar-refractivity contribution in [1.29, 1.82) is 0 Å². The number of rotatable bonds is 6. The van der Waals surface area contributed by atoms with Crippen molar-refractivity contribution in [2.75, 3.05) is 13.2 Å². The molecular weight excluding hydrogens is 349 g/mol. The van der Waals surface area contributed by atoms with Gasteiger partial charge in [-0.05, 0) is 55.0 Å². The van der Waals surface area contributed by atoms with Gasteiger partial charge >= 0.3 is 5.97 Å². The number of aryl methyl sites for hydroxylation is 2. The summed E-state index contributed by atoms with van der Waals surface area (Å²) in [4.78, 5) is 35.8. The Morgan fingerprint density at radius 3 is 2.52 bits per heavy atom. The Balaban J connectivity index is 1.48. The molecule has 1 aliphatic rings. The van der Waals surface area contributed by atoms with Crippen molar-refractivity contribution in [2.24, 2.45) is 0 Å². The molecule has 0 atom stereocenters. The lowest BCUT2D eigenvalue weighted by Gasteiger charge is -2.16. The molecule has 2 aromatic carbocycles. The number of carbonyl (C=O) groups is 3. The lowest BCUT2D eigenvalue weighted by molar-refractivity contribution is -0.141. The van der Waals surface area contributed by atoms with E-state index in [1.54, 1.807) is 6.07 Å². The summed E-state index contributed by atoms with van der Waals surface area (Å²) in [6, 6.07) is 11.0. The highest BCUT2D eigenvalue weighted by Gasteiger charge is 2.16. The highest BCUT2D eigenvalue weighted by atomic mass is 19.1. The Morgan fingerprint density at radius 2 is 1.74 bits per heavy atom. The fourth-order valence-corrected chi connectivity index (χ4v) is 3.08. The molecule has 1 amide bonds. The van der Waals surface area contributed by atoms with E-state index in [0.29, 0.717) is 5.56 Å². The average Bonchev–Trinajstić information content (AvgIpc) is 2.70. The van der Waals surface area contributed by atoms with Gasteiger partial charge in [0.2, 0.25) is 0 Å². The van der Waals surface area contributed by atoms with E-state index in [2.05, 4.69) is 5.32 Å². The van der Waals surface area contributed by atoms with Crippen LogP contribution in [0.2, 0.25) is 0 Å². The average molecular weight is 369 g/mol. The fourth-order valence-electron chi connectivity index (χ4n) is 3.08. The normalized spacial score (nSPS) is 12.8. The number of halogens is 1. The van der Waals surface area contributed by atoms with Crippen LogP contribution in [0.15, 0.2) is 42.5 Å². The summed E-state index contributed by atoms with van der Waals surface area (Å²) in [5, 5.41) is 2.28. The Labute approximate surface area is 156 Å². The summed E-state index contributed by atoms with van der Waals surface area (Å²) < 4.78 is 18.4. The monoisotopic (exact) mass is 369 g/mol. The van der Waals surface area contributed by atoms with E-state index in [1.165, 1.54) is 29.3 Å². The number of benzene rings is 2. The highest BCUT2D eigenvalue weighted by molar-refractivity contribution is 5.99. The lowest BCUT2D eigenvalue weighted by atomic mass is 9.90. The zero-order chi connectivity index (χ0) is 19.2. The number of esters is 1. The van der Waals surface area contributed by atoms with Crippen LogP contribution in [-0.2, 0) is 22.4 Å². The first kappa shape index (κ1) is 18.8.